The maximum Gasteiger partial charge on any atom is 0.352 e. The Labute approximate surface area is 189 Å². The van der Waals surface area contributed by atoms with Gasteiger partial charge in [0.25, 0.3) is 5.91 Å². The van der Waals surface area contributed by atoms with Gasteiger partial charge in [-0.15, -0.1) is 6.58 Å². The second-order valence-corrected chi connectivity index (χ2v) is 7.13. The number of benzene rings is 2. The first-order chi connectivity index (χ1) is 14.9. The third-order valence-electron chi connectivity index (χ3n) is 3.92. The molecule has 0 aromatic heterocycles. The van der Waals surface area contributed by atoms with Crippen molar-refractivity contribution in [2.24, 2.45) is 0 Å². The highest BCUT2D eigenvalue weighted by molar-refractivity contribution is 9.10. The van der Waals surface area contributed by atoms with Gasteiger partial charge in [-0.05, 0) is 48.9 Å². The first kappa shape index (κ1) is 23.7. The summed E-state index contributed by atoms with van der Waals surface area (Å²) in [5.74, 6) is -0.159. The number of nitrogens with zero attached hydrogens (tertiary/aromatic N) is 1. The first-order valence-corrected chi connectivity index (χ1v) is 10.00. The number of rotatable bonds is 9. The predicted molar refractivity (Wildman–Crippen MR) is 120 cm³/mol. The van der Waals surface area contributed by atoms with Crippen LogP contribution in [0, 0.1) is 11.3 Å². The second kappa shape index (κ2) is 11.6. The van der Waals surface area contributed by atoms with E-state index in [0.717, 1.165) is 4.47 Å². The fourth-order valence-corrected chi connectivity index (χ4v) is 2.80. The van der Waals surface area contributed by atoms with E-state index in [-0.39, 0.29) is 23.6 Å². The molecule has 1 N–H and O–H groups in total. The molecule has 1 atom stereocenters. The standard InChI is InChI=1S/C23H21BrN2O5/c1-4-10-26-22(27)17(14-25)11-16-8-9-20(21(12-16)29-3)31-23(28)15(2)30-19-7-5-6-18(24)13-19/h4-9,11-13,15H,1,10H2,2-3H3,(H,26,27)/b17-11+/t15-/m0/s1. The summed E-state index contributed by atoms with van der Waals surface area (Å²) in [5.41, 5.74) is 0.449. The lowest BCUT2D eigenvalue weighted by atomic mass is 10.1. The molecule has 0 fully saturated rings. The van der Waals surface area contributed by atoms with E-state index in [9.17, 15) is 14.9 Å². The molecule has 0 saturated heterocycles. The molecular weight excluding hydrogens is 464 g/mol. The predicted octanol–water partition coefficient (Wildman–Crippen LogP) is 4.04. The van der Waals surface area contributed by atoms with Gasteiger partial charge in [-0.2, -0.15) is 5.26 Å². The molecule has 2 rings (SSSR count). The summed E-state index contributed by atoms with van der Waals surface area (Å²) in [6, 6.07) is 13.6. The van der Waals surface area contributed by atoms with Crippen molar-refractivity contribution < 1.29 is 23.8 Å². The van der Waals surface area contributed by atoms with Gasteiger partial charge < -0.3 is 19.5 Å². The highest BCUT2D eigenvalue weighted by Gasteiger charge is 2.20. The Morgan fingerprint density at radius 3 is 2.68 bits per heavy atom. The number of carbonyl (C=O) groups excluding carboxylic acids is 2. The van der Waals surface area contributed by atoms with Crippen LogP contribution in [0.25, 0.3) is 6.08 Å². The average molecular weight is 485 g/mol. The highest BCUT2D eigenvalue weighted by atomic mass is 79.9. The summed E-state index contributed by atoms with van der Waals surface area (Å²) in [7, 11) is 1.42. The van der Waals surface area contributed by atoms with Crippen LogP contribution in [0.1, 0.15) is 12.5 Å². The third kappa shape index (κ3) is 7.01. The number of methoxy groups -OCH3 is 1. The minimum absolute atomic E-state index is 0.0790. The minimum Gasteiger partial charge on any atom is -0.493 e. The van der Waals surface area contributed by atoms with Gasteiger partial charge in [0.2, 0.25) is 0 Å². The number of nitriles is 1. The zero-order chi connectivity index (χ0) is 22.8. The number of carbonyl (C=O) groups is 2. The molecule has 160 valence electrons. The van der Waals surface area contributed by atoms with Crippen molar-refractivity contribution in [3.05, 3.63) is 70.7 Å². The van der Waals surface area contributed by atoms with Crippen LogP contribution in [-0.4, -0.2) is 31.6 Å². The van der Waals surface area contributed by atoms with E-state index in [4.69, 9.17) is 14.2 Å². The summed E-state index contributed by atoms with van der Waals surface area (Å²) in [6.45, 7) is 5.33. The van der Waals surface area contributed by atoms with E-state index < -0.39 is 18.0 Å². The SMILES string of the molecule is C=CCNC(=O)/C(C#N)=C/c1ccc(OC(=O)[C@H](C)Oc2cccc(Br)c2)c(OC)c1. The van der Waals surface area contributed by atoms with Gasteiger partial charge in [-0.25, -0.2) is 4.79 Å². The van der Waals surface area contributed by atoms with Gasteiger partial charge in [0.1, 0.15) is 17.4 Å². The van der Waals surface area contributed by atoms with Gasteiger partial charge >= 0.3 is 5.97 Å². The monoisotopic (exact) mass is 484 g/mol. The molecule has 1 amide bonds. The zero-order valence-corrected chi connectivity index (χ0v) is 18.6. The van der Waals surface area contributed by atoms with Crippen LogP contribution in [0.4, 0.5) is 0 Å². The topological polar surface area (TPSA) is 97.7 Å². The van der Waals surface area contributed by atoms with Crippen molar-refractivity contribution in [3.63, 3.8) is 0 Å². The molecular formula is C23H21BrN2O5. The number of ether oxygens (including phenoxy) is 3. The Hall–Kier alpha value is -3.57. The highest BCUT2D eigenvalue weighted by Crippen LogP contribution is 2.29. The Balaban J connectivity index is 2.14. The van der Waals surface area contributed by atoms with E-state index >= 15 is 0 Å². The Morgan fingerprint density at radius 1 is 1.26 bits per heavy atom. The Bertz CT molecular complexity index is 1040. The summed E-state index contributed by atoms with van der Waals surface area (Å²) >= 11 is 3.34. The molecule has 0 aliphatic heterocycles. The van der Waals surface area contributed by atoms with Crippen molar-refractivity contribution in [1.82, 2.24) is 5.32 Å². The molecule has 0 aliphatic carbocycles. The molecule has 2 aromatic carbocycles. The van der Waals surface area contributed by atoms with Crippen LogP contribution in [-0.2, 0) is 9.59 Å². The lowest BCUT2D eigenvalue weighted by Crippen LogP contribution is -2.28. The Kier molecular flexibility index (Phi) is 8.85. The van der Waals surface area contributed by atoms with Crippen LogP contribution < -0.4 is 19.5 Å². The molecule has 0 bridgehead atoms. The number of nitrogens with one attached hydrogen (secondary N) is 1. The average Bonchev–Trinajstić information content (AvgIpc) is 2.76. The summed E-state index contributed by atoms with van der Waals surface area (Å²) in [6.07, 6.45) is 2.06. The maximum absolute atomic E-state index is 12.4. The van der Waals surface area contributed by atoms with E-state index in [1.54, 1.807) is 37.3 Å². The Morgan fingerprint density at radius 2 is 2.03 bits per heavy atom. The third-order valence-corrected chi connectivity index (χ3v) is 4.42. The lowest BCUT2D eigenvalue weighted by molar-refractivity contribution is -0.141. The van der Waals surface area contributed by atoms with E-state index in [2.05, 4.69) is 27.8 Å². The molecule has 0 saturated carbocycles. The molecule has 0 spiro atoms. The van der Waals surface area contributed by atoms with Crippen molar-refractivity contribution in [1.29, 1.82) is 5.26 Å². The normalized spacial score (nSPS) is 11.6. The van der Waals surface area contributed by atoms with Crippen LogP contribution in [0.2, 0.25) is 0 Å². The maximum atomic E-state index is 12.4. The molecule has 8 heteroatoms. The van der Waals surface area contributed by atoms with E-state index in [0.29, 0.717) is 11.3 Å². The molecule has 0 aliphatic rings. The molecule has 0 heterocycles. The van der Waals surface area contributed by atoms with Gasteiger partial charge in [0.05, 0.1) is 7.11 Å². The number of amides is 1. The van der Waals surface area contributed by atoms with Gasteiger partial charge in [-0.3, -0.25) is 4.79 Å². The van der Waals surface area contributed by atoms with Gasteiger partial charge in [-0.1, -0.05) is 34.1 Å². The largest absolute Gasteiger partial charge is 0.493 e. The number of hydrogen-bond donors (Lipinski definition) is 1. The number of esters is 1. The van der Waals surface area contributed by atoms with E-state index in [1.807, 2.05) is 12.1 Å². The van der Waals surface area contributed by atoms with Crippen molar-refractivity contribution in [3.8, 4) is 23.3 Å². The molecule has 2 aromatic rings. The van der Waals surface area contributed by atoms with Crippen LogP contribution in [0.5, 0.6) is 17.2 Å². The van der Waals surface area contributed by atoms with Crippen LogP contribution in [0.3, 0.4) is 0 Å². The first-order valence-electron chi connectivity index (χ1n) is 9.20. The fourth-order valence-electron chi connectivity index (χ4n) is 2.42. The van der Waals surface area contributed by atoms with Crippen molar-refractivity contribution in [2.45, 2.75) is 13.0 Å². The van der Waals surface area contributed by atoms with Crippen molar-refractivity contribution in [2.75, 3.05) is 13.7 Å². The van der Waals surface area contributed by atoms with Gasteiger partial charge in [0, 0.05) is 11.0 Å². The summed E-state index contributed by atoms with van der Waals surface area (Å²) in [4.78, 5) is 24.4. The number of halogens is 1. The second-order valence-electron chi connectivity index (χ2n) is 6.22. The smallest absolute Gasteiger partial charge is 0.352 e. The van der Waals surface area contributed by atoms with Crippen LogP contribution in [0.15, 0.2) is 65.2 Å². The summed E-state index contributed by atoms with van der Waals surface area (Å²) in [5, 5.41) is 11.8. The minimum atomic E-state index is -0.864. The summed E-state index contributed by atoms with van der Waals surface area (Å²) < 4.78 is 17.1. The fraction of sp³-hybridized carbons (Fsp3) is 0.174. The quantitative estimate of drug-likeness (QED) is 0.189. The van der Waals surface area contributed by atoms with Crippen LogP contribution >= 0.6 is 15.9 Å². The lowest BCUT2D eigenvalue weighted by Gasteiger charge is -2.15. The molecule has 7 nitrogen and oxygen atoms in total. The zero-order valence-electron chi connectivity index (χ0n) is 17.1. The number of hydrogen-bond acceptors (Lipinski definition) is 6. The van der Waals surface area contributed by atoms with Crippen molar-refractivity contribution >= 4 is 33.9 Å². The van der Waals surface area contributed by atoms with Gasteiger partial charge in [0.15, 0.2) is 17.6 Å². The molecule has 0 radical (unpaired) electrons. The molecule has 31 heavy (non-hydrogen) atoms. The molecule has 0 unspecified atom stereocenters. The van der Waals surface area contributed by atoms with E-state index in [1.165, 1.54) is 25.3 Å².